The highest BCUT2D eigenvalue weighted by atomic mass is 79.9. The number of carbonyl (C=O) groups excluding carboxylic acids is 3. The fraction of sp³-hybridized carbons (Fsp3) is 0.211. The van der Waals surface area contributed by atoms with Crippen molar-refractivity contribution < 1.29 is 19.1 Å². The van der Waals surface area contributed by atoms with Crippen LogP contribution < -0.4 is 20.3 Å². The predicted molar refractivity (Wildman–Crippen MR) is 103 cm³/mol. The average Bonchev–Trinajstić information content (AvgIpc) is 2.67. The molecular weight excluding hydrogens is 414 g/mol. The van der Waals surface area contributed by atoms with Gasteiger partial charge in [-0.1, -0.05) is 46.3 Å². The van der Waals surface area contributed by atoms with Crippen molar-refractivity contribution >= 4 is 39.3 Å². The van der Waals surface area contributed by atoms with Crippen LogP contribution in [0, 0.1) is 0 Å². The summed E-state index contributed by atoms with van der Waals surface area (Å²) in [6.07, 6.45) is 0. The van der Waals surface area contributed by atoms with Crippen LogP contribution in [0.2, 0.25) is 0 Å². The highest BCUT2D eigenvalue weighted by Crippen LogP contribution is 2.34. The lowest BCUT2D eigenvalue weighted by Crippen LogP contribution is -2.46. The van der Waals surface area contributed by atoms with Crippen molar-refractivity contribution in [3.63, 3.8) is 0 Å². The molecule has 3 rings (SSSR count). The molecule has 1 aliphatic rings. The molecule has 0 fully saturated rings. The minimum atomic E-state index is -0.422. The van der Waals surface area contributed by atoms with Gasteiger partial charge in [-0.3, -0.25) is 19.3 Å². The number of halogens is 1. The summed E-state index contributed by atoms with van der Waals surface area (Å²) < 4.78 is 6.20. The summed E-state index contributed by atoms with van der Waals surface area (Å²) in [6, 6.07) is 14.7. The number of rotatable bonds is 6. The standard InChI is InChI=1S/C19H18BrN3O4/c20-14-6-7-15-16(8-14)27-12-19(26)23(15)11-18(25)22-10-17(24)21-9-13-4-2-1-3-5-13/h1-8H,9-12H2,(H,21,24)(H,22,25). The van der Waals surface area contributed by atoms with Gasteiger partial charge in [0.25, 0.3) is 5.91 Å². The van der Waals surface area contributed by atoms with E-state index in [-0.39, 0.29) is 31.5 Å². The van der Waals surface area contributed by atoms with E-state index in [4.69, 9.17) is 4.74 Å². The molecule has 0 bridgehead atoms. The van der Waals surface area contributed by atoms with Gasteiger partial charge in [-0.05, 0) is 23.8 Å². The molecule has 27 heavy (non-hydrogen) atoms. The number of hydrogen-bond donors (Lipinski definition) is 2. The highest BCUT2D eigenvalue weighted by molar-refractivity contribution is 9.10. The second-order valence-electron chi connectivity index (χ2n) is 5.92. The van der Waals surface area contributed by atoms with E-state index in [9.17, 15) is 14.4 Å². The summed E-state index contributed by atoms with van der Waals surface area (Å²) in [5, 5.41) is 5.26. The monoisotopic (exact) mass is 431 g/mol. The second-order valence-corrected chi connectivity index (χ2v) is 6.84. The van der Waals surface area contributed by atoms with Crippen molar-refractivity contribution in [3.05, 3.63) is 58.6 Å². The number of nitrogens with zero attached hydrogens (tertiary/aromatic N) is 1. The summed E-state index contributed by atoms with van der Waals surface area (Å²) >= 11 is 3.34. The number of benzene rings is 2. The molecule has 0 radical (unpaired) electrons. The van der Waals surface area contributed by atoms with Gasteiger partial charge in [0.2, 0.25) is 11.8 Å². The van der Waals surface area contributed by atoms with E-state index in [1.54, 1.807) is 18.2 Å². The van der Waals surface area contributed by atoms with Crippen molar-refractivity contribution in [2.24, 2.45) is 0 Å². The van der Waals surface area contributed by atoms with Gasteiger partial charge in [0.1, 0.15) is 12.3 Å². The Kier molecular flexibility index (Phi) is 6.08. The molecule has 0 aromatic heterocycles. The van der Waals surface area contributed by atoms with E-state index in [1.165, 1.54) is 4.90 Å². The van der Waals surface area contributed by atoms with Crippen LogP contribution in [0.1, 0.15) is 5.56 Å². The molecule has 0 saturated carbocycles. The van der Waals surface area contributed by atoms with E-state index >= 15 is 0 Å². The quantitative estimate of drug-likeness (QED) is 0.726. The van der Waals surface area contributed by atoms with E-state index in [0.29, 0.717) is 18.0 Å². The Morgan fingerprint density at radius 1 is 1.07 bits per heavy atom. The average molecular weight is 432 g/mol. The van der Waals surface area contributed by atoms with Gasteiger partial charge in [0.15, 0.2) is 6.61 Å². The minimum Gasteiger partial charge on any atom is -0.482 e. The fourth-order valence-corrected chi connectivity index (χ4v) is 2.93. The van der Waals surface area contributed by atoms with Gasteiger partial charge in [-0.15, -0.1) is 0 Å². The number of amides is 3. The highest BCUT2D eigenvalue weighted by Gasteiger charge is 2.27. The summed E-state index contributed by atoms with van der Waals surface area (Å²) in [7, 11) is 0. The van der Waals surface area contributed by atoms with Gasteiger partial charge < -0.3 is 15.4 Å². The van der Waals surface area contributed by atoms with Crippen LogP contribution in [0.4, 0.5) is 5.69 Å². The van der Waals surface area contributed by atoms with Crippen LogP contribution in [0.5, 0.6) is 5.75 Å². The van der Waals surface area contributed by atoms with E-state index in [1.807, 2.05) is 30.3 Å². The van der Waals surface area contributed by atoms with Gasteiger partial charge in [-0.25, -0.2) is 0 Å². The van der Waals surface area contributed by atoms with Crippen molar-refractivity contribution in [2.45, 2.75) is 6.54 Å². The van der Waals surface area contributed by atoms with Crippen LogP contribution in [0.15, 0.2) is 53.0 Å². The summed E-state index contributed by atoms with van der Waals surface area (Å²) in [4.78, 5) is 37.5. The maximum atomic E-state index is 12.2. The Hall–Kier alpha value is -2.87. The number of nitrogens with one attached hydrogen (secondary N) is 2. The molecule has 1 aliphatic heterocycles. The lowest BCUT2D eigenvalue weighted by Gasteiger charge is -2.28. The third kappa shape index (κ3) is 5.07. The van der Waals surface area contributed by atoms with E-state index < -0.39 is 5.91 Å². The van der Waals surface area contributed by atoms with Crippen LogP contribution in [0.25, 0.3) is 0 Å². The van der Waals surface area contributed by atoms with Crippen LogP contribution in [0.3, 0.4) is 0 Å². The molecule has 8 heteroatoms. The lowest BCUT2D eigenvalue weighted by molar-refractivity contribution is -0.127. The maximum Gasteiger partial charge on any atom is 0.265 e. The Morgan fingerprint density at radius 3 is 2.63 bits per heavy atom. The Labute approximate surface area is 164 Å². The number of carbonyl (C=O) groups is 3. The number of anilines is 1. The molecule has 2 aromatic rings. The summed E-state index contributed by atoms with van der Waals surface area (Å²) in [5.41, 5.74) is 1.50. The number of hydrogen-bond acceptors (Lipinski definition) is 4. The molecule has 3 amide bonds. The van der Waals surface area contributed by atoms with Crippen molar-refractivity contribution in [2.75, 3.05) is 24.6 Å². The zero-order valence-corrected chi connectivity index (χ0v) is 16.0. The molecule has 7 nitrogen and oxygen atoms in total. The number of ether oxygens (including phenoxy) is 1. The molecule has 1 heterocycles. The second kappa shape index (κ2) is 8.68. The minimum absolute atomic E-state index is 0.131. The molecule has 0 aliphatic carbocycles. The molecule has 0 spiro atoms. The van der Waals surface area contributed by atoms with E-state index in [0.717, 1.165) is 10.0 Å². The first kappa shape index (κ1) is 18.9. The SMILES string of the molecule is O=C(CNC(=O)CN1C(=O)COc2cc(Br)ccc21)NCc1ccccc1. The van der Waals surface area contributed by atoms with Gasteiger partial charge in [-0.2, -0.15) is 0 Å². The third-order valence-corrected chi connectivity index (χ3v) is 4.44. The normalized spacial score (nSPS) is 12.8. The van der Waals surface area contributed by atoms with Gasteiger partial charge >= 0.3 is 0 Å². The van der Waals surface area contributed by atoms with Crippen LogP contribution in [-0.2, 0) is 20.9 Å². The molecular formula is C19H18BrN3O4. The lowest BCUT2D eigenvalue weighted by atomic mass is 10.2. The fourth-order valence-electron chi connectivity index (χ4n) is 2.59. The topological polar surface area (TPSA) is 87.7 Å². The first-order chi connectivity index (χ1) is 13.0. The third-order valence-electron chi connectivity index (χ3n) is 3.95. The number of fused-ring (bicyclic) bond motifs is 1. The zero-order chi connectivity index (χ0) is 19.2. The molecule has 0 unspecified atom stereocenters. The smallest absolute Gasteiger partial charge is 0.265 e. The predicted octanol–water partition coefficient (Wildman–Crippen LogP) is 1.61. The van der Waals surface area contributed by atoms with Crippen molar-refractivity contribution in [1.82, 2.24) is 10.6 Å². The first-order valence-corrected chi connectivity index (χ1v) is 9.12. The molecule has 2 N–H and O–H groups in total. The maximum absolute atomic E-state index is 12.2. The van der Waals surface area contributed by atoms with Crippen molar-refractivity contribution in [3.8, 4) is 5.75 Å². The Bertz CT molecular complexity index is 857. The van der Waals surface area contributed by atoms with E-state index in [2.05, 4.69) is 26.6 Å². The molecule has 2 aromatic carbocycles. The van der Waals surface area contributed by atoms with Crippen LogP contribution >= 0.6 is 15.9 Å². The summed E-state index contributed by atoms with van der Waals surface area (Å²) in [5.74, 6) is -0.510. The zero-order valence-electron chi connectivity index (χ0n) is 14.4. The van der Waals surface area contributed by atoms with Gasteiger partial charge in [0, 0.05) is 11.0 Å². The summed E-state index contributed by atoms with van der Waals surface area (Å²) in [6.45, 7) is -0.0752. The van der Waals surface area contributed by atoms with Crippen molar-refractivity contribution in [1.29, 1.82) is 0 Å². The molecule has 0 saturated heterocycles. The Balaban J connectivity index is 1.50. The molecule has 140 valence electrons. The van der Waals surface area contributed by atoms with Crippen LogP contribution in [-0.4, -0.2) is 37.4 Å². The first-order valence-electron chi connectivity index (χ1n) is 8.33. The molecule has 0 atom stereocenters. The van der Waals surface area contributed by atoms with Gasteiger partial charge in [0.05, 0.1) is 12.2 Å². The largest absolute Gasteiger partial charge is 0.482 e. The Morgan fingerprint density at radius 2 is 1.85 bits per heavy atom.